The number of halogens is 1. The van der Waals surface area contributed by atoms with Crippen LogP contribution >= 0.6 is 0 Å². The minimum absolute atomic E-state index is 0.274. The summed E-state index contributed by atoms with van der Waals surface area (Å²) >= 11 is 0. The molecule has 22 heavy (non-hydrogen) atoms. The van der Waals surface area contributed by atoms with Gasteiger partial charge in [-0.25, -0.2) is 14.0 Å². The molecule has 112 valence electrons. The lowest BCUT2D eigenvalue weighted by atomic mass is 10.2. The second-order valence-electron chi connectivity index (χ2n) is 4.29. The van der Waals surface area contributed by atoms with E-state index >= 15 is 0 Å². The Kier molecular flexibility index (Phi) is 5.03. The first kappa shape index (κ1) is 15.4. The Morgan fingerprint density at radius 1 is 1.05 bits per heavy atom. The predicted octanol–water partition coefficient (Wildman–Crippen LogP) is 3.23. The monoisotopic (exact) mass is 300 g/mol. The Balaban J connectivity index is 2.00. The van der Waals surface area contributed by atoms with E-state index in [9.17, 15) is 14.0 Å². The Labute approximate surface area is 126 Å². The molecule has 0 aliphatic carbocycles. The molecule has 0 saturated carbocycles. The molecule has 0 bridgehead atoms. The summed E-state index contributed by atoms with van der Waals surface area (Å²) in [6.07, 6.45) is 2.47. The van der Waals surface area contributed by atoms with Crippen molar-refractivity contribution in [1.29, 1.82) is 0 Å². The third-order valence-electron chi connectivity index (χ3n) is 2.80. The molecule has 2 aromatic rings. The average molecular weight is 300 g/mol. The fraction of sp³-hybridized carbons (Fsp3) is 0.0588. The van der Waals surface area contributed by atoms with Gasteiger partial charge in [-0.3, -0.25) is 0 Å². The third-order valence-corrected chi connectivity index (χ3v) is 2.80. The molecule has 2 aromatic carbocycles. The van der Waals surface area contributed by atoms with Gasteiger partial charge in [-0.05, 0) is 36.4 Å². The molecule has 0 spiro atoms. The minimum Gasteiger partial charge on any atom is -0.465 e. The van der Waals surface area contributed by atoms with Crippen LogP contribution in [0, 0.1) is 5.82 Å². The first-order valence-electron chi connectivity index (χ1n) is 6.43. The van der Waals surface area contributed by atoms with E-state index in [0.717, 1.165) is 6.08 Å². The highest BCUT2D eigenvalue weighted by atomic mass is 19.1. The van der Waals surface area contributed by atoms with E-state index in [1.165, 1.54) is 43.5 Å². The number of hydrogen-bond donors (Lipinski definition) is 0. The van der Waals surface area contributed by atoms with Crippen LogP contribution in [0.3, 0.4) is 0 Å². The molecule has 0 fully saturated rings. The van der Waals surface area contributed by atoms with Gasteiger partial charge in [-0.1, -0.05) is 18.2 Å². The van der Waals surface area contributed by atoms with Crippen LogP contribution in [-0.4, -0.2) is 19.0 Å². The number of ether oxygens (including phenoxy) is 2. The molecule has 2 rings (SSSR count). The topological polar surface area (TPSA) is 52.6 Å². The molecule has 0 aromatic heterocycles. The maximum atomic E-state index is 13.4. The third kappa shape index (κ3) is 4.02. The van der Waals surface area contributed by atoms with Crippen molar-refractivity contribution in [2.45, 2.75) is 0 Å². The highest BCUT2D eigenvalue weighted by Gasteiger charge is 2.06. The first-order valence-corrected chi connectivity index (χ1v) is 6.43. The van der Waals surface area contributed by atoms with Crippen LogP contribution in [0.2, 0.25) is 0 Å². The van der Waals surface area contributed by atoms with Crippen LogP contribution in [0.4, 0.5) is 4.39 Å². The quantitative estimate of drug-likeness (QED) is 0.494. The molecule has 0 atom stereocenters. The second-order valence-corrected chi connectivity index (χ2v) is 4.29. The molecule has 0 aliphatic heterocycles. The van der Waals surface area contributed by atoms with Gasteiger partial charge in [-0.15, -0.1) is 0 Å². The van der Waals surface area contributed by atoms with Gasteiger partial charge >= 0.3 is 11.9 Å². The van der Waals surface area contributed by atoms with Gasteiger partial charge in [0.1, 0.15) is 11.6 Å². The van der Waals surface area contributed by atoms with Crippen LogP contribution in [-0.2, 0) is 9.53 Å². The van der Waals surface area contributed by atoms with Crippen molar-refractivity contribution in [3.63, 3.8) is 0 Å². The molecule has 5 heteroatoms. The normalized spacial score (nSPS) is 10.5. The van der Waals surface area contributed by atoms with E-state index < -0.39 is 17.8 Å². The molecule has 0 aliphatic rings. The van der Waals surface area contributed by atoms with Crippen LogP contribution in [0.5, 0.6) is 5.75 Å². The predicted molar refractivity (Wildman–Crippen MR) is 78.9 cm³/mol. The second kappa shape index (κ2) is 7.17. The Hall–Kier alpha value is -2.95. The molecule has 4 nitrogen and oxygen atoms in total. The standard InChI is InChI=1S/C17H13FO4/c1-21-17(20)13-6-9-14(10-7-13)22-16(19)11-8-12-4-2-3-5-15(12)18/h2-11H,1H3/b11-8+. The number of methoxy groups -OCH3 is 1. The van der Waals surface area contributed by atoms with E-state index in [2.05, 4.69) is 4.74 Å². The molecule has 0 saturated heterocycles. The van der Waals surface area contributed by atoms with Crippen molar-refractivity contribution in [2.24, 2.45) is 0 Å². The lowest BCUT2D eigenvalue weighted by Gasteiger charge is -2.03. The summed E-state index contributed by atoms with van der Waals surface area (Å²) in [5, 5.41) is 0. The van der Waals surface area contributed by atoms with Crippen molar-refractivity contribution >= 4 is 18.0 Å². The summed E-state index contributed by atoms with van der Waals surface area (Å²) in [6.45, 7) is 0. The van der Waals surface area contributed by atoms with Crippen LogP contribution in [0.15, 0.2) is 54.6 Å². The summed E-state index contributed by atoms with van der Waals surface area (Å²) in [4.78, 5) is 22.9. The fourth-order valence-electron chi connectivity index (χ4n) is 1.70. The van der Waals surface area contributed by atoms with Gasteiger partial charge in [0.05, 0.1) is 12.7 Å². The van der Waals surface area contributed by atoms with Gasteiger partial charge < -0.3 is 9.47 Å². The number of rotatable bonds is 4. The van der Waals surface area contributed by atoms with Crippen molar-refractivity contribution in [3.8, 4) is 5.75 Å². The Morgan fingerprint density at radius 3 is 2.36 bits per heavy atom. The average Bonchev–Trinajstić information content (AvgIpc) is 2.54. The Morgan fingerprint density at radius 2 is 1.73 bits per heavy atom. The van der Waals surface area contributed by atoms with E-state index in [1.807, 2.05) is 0 Å². The van der Waals surface area contributed by atoms with E-state index in [-0.39, 0.29) is 5.75 Å². The van der Waals surface area contributed by atoms with Gasteiger partial charge in [0.2, 0.25) is 0 Å². The Bertz CT molecular complexity index is 705. The molecule has 0 heterocycles. The lowest BCUT2D eigenvalue weighted by Crippen LogP contribution is -2.05. The highest BCUT2D eigenvalue weighted by molar-refractivity contribution is 5.90. The summed E-state index contributed by atoms with van der Waals surface area (Å²) in [5.74, 6) is -1.27. The molecule has 0 unspecified atom stereocenters. The zero-order valence-electron chi connectivity index (χ0n) is 11.8. The molecular formula is C17H13FO4. The summed E-state index contributed by atoms with van der Waals surface area (Å²) in [6, 6.07) is 12.0. The van der Waals surface area contributed by atoms with Crippen LogP contribution < -0.4 is 4.74 Å². The van der Waals surface area contributed by atoms with Gasteiger partial charge in [0, 0.05) is 11.6 Å². The van der Waals surface area contributed by atoms with Crippen molar-refractivity contribution in [1.82, 2.24) is 0 Å². The van der Waals surface area contributed by atoms with Gasteiger partial charge in [0.25, 0.3) is 0 Å². The summed E-state index contributed by atoms with van der Waals surface area (Å²) in [7, 11) is 1.28. The maximum Gasteiger partial charge on any atom is 0.337 e. The summed E-state index contributed by atoms with van der Waals surface area (Å²) < 4.78 is 23.0. The molecule has 0 amide bonds. The zero-order chi connectivity index (χ0) is 15.9. The smallest absolute Gasteiger partial charge is 0.337 e. The zero-order valence-corrected chi connectivity index (χ0v) is 11.8. The fourth-order valence-corrected chi connectivity index (χ4v) is 1.70. The largest absolute Gasteiger partial charge is 0.465 e. The van der Waals surface area contributed by atoms with E-state index in [4.69, 9.17) is 4.74 Å². The van der Waals surface area contributed by atoms with E-state index in [1.54, 1.807) is 18.2 Å². The van der Waals surface area contributed by atoms with Crippen molar-refractivity contribution in [2.75, 3.05) is 7.11 Å². The number of carbonyl (C=O) groups is 2. The van der Waals surface area contributed by atoms with E-state index in [0.29, 0.717) is 11.1 Å². The SMILES string of the molecule is COC(=O)c1ccc(OC(=O)/C=C/c2ccccc2F)cc1. The maximum absolute atomic E-state index is 13.4. The number of carbonyl (C=O) groups excluding carboxylic acids is 2. The number of benzene rings is 2. The lowest BCUT2D eigenvalue weighted by molar-refractivity contribution is -0.128. The molecule has 0 N–H and O–H groups in total. The van der Waals surface area contributed by atoms with Gasteiger partial charge in [0.15, 0.2) is 0 Å². The van der Waals surface area contributed by atoms with Crippen LogP contribution in [0.25, 0.3) is 6.08 Å². The van der Waals surface area contributed by atoms with Crippen molar-refractivity contribution < 1.29 is 23.5 Å². The van der Waals surface area contributed by atoms with Crippen LogP contribution in [0.1, 0.15) is 15.9 Å². The molecular weight excluding hydrogens is 287 g/mol. The first-order chi connectivity index (χ1) is 10.6. The number of esters is 2. The summed E-state index contributed by atoms with van der Waals surface area (Å²) in [5.41, 5.74) is 0.643. The minimum atomic E-state index is -0.644. The molecule has 0 radical (unpaired) electrons. The van der Waals surface area contributed by atoms with Crippen molar-refractivity contribution in [3.05, 3.63) is 71.6 Å². The number of hydrogen-bond acceptors (Lipinski definition) is 4. The van der Waals surface area contributed by atoms with Gasteiger partial charge in [-0.2, -0.15) is 0 Å². The highest BCUT2D eigenvalue weighted by Crippen LogP contribution is 2.14.